The number of aromatic nitrogens is 2. The van der Waals surface area contributed by atoms with Crippen LogP contribution in [0.15, 0.2) is 10.1 Å². The summed E-state index contributed by atoms with van der Waals surface area (Å²) in [6.45, 7) is 0. The topological polar surface area (TPSA) is 75.6 Å². The Morgan fingerprint density at radius 1 is 1.54 bits per heavy atom. The van der Waals surface area contributed by atoms with E-state index >= 15 is 0 Å². The van der Waals surface area contributed by atoms with Crippen molar-refractivity contribution in [1.82, 2.24) is 9.97 Å². The average molecular weight is 220 g/mol. The van der Waals surface area contributed by atoms with E-state index in [4.69, 9.17) is 23.6 Å². The molecule has 0 aromatic carbocycles. The molecule has 0 unspecified atom stereocenters. The summed E-state index contributed by atoms with van der Waals surface area (Å²) in [4.78, 5) is 7.56. The normalized spacial score (nSPS) is 8.62. The zero-order chi connectivity index (χ0) is 9.14. The van der Waals surface area contributed by atoms with E-state index in [1.807, 2.05) is 6.07 Å². The molecule has 13 heavy (non-hydrogen) atoms. The average Bonchev–Trinajstić information content (AvgIpc) is 2.03. The van der Waals surface area contributed by atoms with Crippen molar-refractivity contribution in [3.8, 4) is 6.07 Å². The second-order valence-electron chi connectivity index (χ2n) is 1.88. The number of hydrogen-bond donors (Lipinski definition) is 1. The van der Waals surface area contributed by atoms with E-state index in [0.29, 0.717) is 10.6 Å². The number of rotatable bonds is 1. The predicted molar refractivity (Wildman–Crippen MR) is 48.6 cm³/mol. The monoisotopic (exact) mass is 220 g/mol. The number of anilines is 1. The van der Waals surface area contributed by atoms with Gasteiger partial charge in [-0.05, 0) is 6.26 Å². The van der Waals surface area contributed by atoms with Crippen LogP contribution >= 0.6 is 11.8 Å². The van der Waals surface area contributed by atoms with Crippen molar-refractivity contribution in [2.24, 2.45) is 0 Å². The summed E-state index contributed by atoms with van der Waals surface area (Å²) >= 11 is 6.15. The second-order valence-corrected chi connectivity index (χ2v) is 3.06. The Labute approximate surface area is 108 Å². The largest absolute Gasteiger partial charge is 1.00 e. The number of hydrogen-bond acceptors (Lipinski definition) is 6. The van der Waals surface area contributed by atoms with E-state index in [0.717, 1.165) is 0 Å². The van der Waals surface area contributed by atoms with E-state index in [1.54, 1.807) is 6.26 Å². The molecular formula is C6H5N4NaS2. The van der Waals surface area contributed by atoms with Gasteiger partial charge in [-0.1, -0.05) is 5.03 Å². The Balaban J connectivity index is 0.00000144. The molecule has 7 heteroatoms. The molecule has 1 heterocycles. The third-order valence-corrected chi connectivity index (χ3v) is 2.14. The Bertz CT molecular complexity index is 349. The van der Waals surface area contributed by atoms with E-state index < -0.39 is 0 Å². The van der Waals surface area contributed by atoms with Gasteiger partial charge in [0, 0.05) is 0 Å². The Kier molecular flexibility index (Phi) is 5.60. The molecule has 0 amide bonds. The summed E-state index contributed by atoms with van der Waals surface area (Å²) in [6, 6.07) is 1.94. The zero-order valence-corrected chi connectivity index (χ0v) is 10.9. The van der Waals surface area contributed by atoms with Gasteiger partial charge in [0.25, 0.3) is 0 Å². The maximum atomic E-state index is 8.67. The fraction of sp³-hybridized carbons (Fsp3) is 0.167. The molecule has 0 atom stereocenters. The molecule has 0 saturated heterocycles. The van der Waals surface area contributed by atoms with Gasteiger partial charge in [-0.3, -0.25) is 0 Å². The standard InChI is InChI=1S/C6H6N4S2.Na/c1-12-5-3(2-7)4(11)9-6(8)10-5;/h1H3,(H3,8,9,10,11);/q;+1/p-1. The molecule has 0 spiro atoms. The van der Waals surface area contributed by atoms with Crippen LogP contribution in [0.25, 0.3) is 0 Å². The molecule has 1 rings (SSSR count). The first-order valence-corrected chi connectivity index (χ1v) is 4.61. The quantitative estimate of drug-likeness (QED) is 0.245. The van der Waals surface area contributed by atoms with Crippen LogP contribution in [-0.2, 0) is 12.6 Å². The molecule has 1 aromatic rings. The molecule has 0 aliphatic rings. The number of thioether (sulfide) groups is 1. The minimum atomic E-state index is 0. The van der Waals surface area contributed by atoms with Crippen LogP contribution in [0.2, 0.25) is 0 Å². The molecule has 0 aliphatic carbocycles. The Hall–Kier alpha value is -0.0600. The van der Waals surface area contributed by atoms with Crippen molar-refractivity contribution in [2.75, 3.05) is 12.0 Å². The van der Waals surface area contributed by atoms with Gasteiger partial charge in [-0.15, -0.1) is 11.8 Å². The van der Waals surface area contributed by atoms with Crippen LogP contribution in [-0.4, -0.2) is 16.2 Å². The van der Waals surface area contributed by atoms with Crippen molar-refractivity contribution in [3.63, 3.8) is 0 Å². The van der Waals surface area contributed by atoms with Crippen LogP contribution in [0.4, 0.5) is 5.95 Å². The van der Waals surface area contributed by atoms with Gasteiger partial charge < -0.3 is 18.4 Å². The predicted octanol–water partition coefficient (Wildman–Crippen LogP) is -2.44. The van der Waals surface area contributed by atoms with Gasteiger partial charge in [0.2, 0.25) is 5.95 Å². The van der Waals surface area contributed by atoms with Crippen LogP contribution in [0.5, 0.6) is 0 Å². The first-order valence-electron chi connectivity index (χ1n) is 2.97. The van der Waals surface area contributed by atoms with Crippen LogP contribution < -0.4 is 35.3 Å². The smallest absolute Gasteiger partial charge is 0.759 e. The zero-order valence-electron chi connectivity index (χ0n) is 7.24. The van der Waals surface area contributed by atoms with E-state index in [-0.39, 0.29) is 40.5 Å². The van der Waals surface area contributed by atoms with Crippen LogP contribution in [0, 0.1) is 11.3 Å². The molecule has 0 saturated carbocycles. The summed E-state index contributed by atoms with van der Waals surface area (Å²) in [5, 5.41) is 9.42. The maximum Gasteiger partial charge on any atom is 1.00 e. The van der Waals surface area contributed by atoms with Crippen molar-refractivity contribution in [3.05, 3.63) is 5.56 Å². The van der Waals surface area contributed by atoms with Gasteiger partial charge in [0.05, 0.1) is 5.56 Å². The third kappa shape index (κ3) is 2.97. The Morgan fingerprint density at radius 2 is 2.15 bits per heavy atom. The minimum Gasteiger partial charge on any atom is -0.759 e. The van der Waals surface area contributed by atoms with Gasteiger partial charge in [0.15, 0.2) is 0 Å². The van der Waals surface area contributed by atoms with Crippen LogP contribution in [0.3, 0.4) is 0 Å². The molecule has 4 nitrogen and oxygen atoms in total. The first kappa shape index (κ1) is 12.9. The number of nitrogen functional groups attached to an aromatic ring is 1. The fourth-order valence-electron chi connectivity index (χ4n) is 0.680. The molecule has 62 valence electrons. The van der Waals surface area contributed by atoms with Gasteiger partial charge >= 0.3 is 29.6 Å². The number of nitriles is 1. The molecule has 0 fully saturated rings. The van der Waals surface area contributed by atoms with Crippen molar-refractivity contribution in [1.29, 1.82) is 5.26 Å². The second kappa shape index (κ2) is 5.62. The van der Waals surface area contributed by atoms with Crippen molar-refractivity contribution >= 4 is 30.3 Å². The fourth-order valence-corrected chi connectivity index (χ4v) is 1.51. The first-order chi connectivity index (χ1) is 5.69. The SMILES string of the molecule is CSc1nc(N)nc([S-])c1C#N.[Na+]. The summed E-state index contributed by atoms with van der Waals surface area (Å²) in [7, 11) is 0. The molecular weight excluding hydrogens is 215 g/mol. The molecule has 0 bridgehead atoms. The van der Waals surface area contributed by atoms with E-state index in [1.165, 1.54) is 11.8 Å². The van der Waals surface area contributed by atoms with Crippen LogP contribution in [0.1, 0.15) is 5.56 Å². The van der Waals surface area contributed by atoms with Gasteiger partial charge in [-0.25, -0.2) is 9.97 Å². The summed E-state index contributed by atoms with van der Waals surface area (Å²) in [6.07, 6.45) is 1.80. The van der Waals surface area contributed by atoms with Crippen molar-refractivity contribution in [2.45, 2.75) is 10.1 Å². The summed E-state index contributed by atoms with van der Waals surface area (Å²) in [5.41, 5.74) is 5.67. The molecule has 1 aromatic heterocycles. The maximum absolute atomic E-state index is 8.67. The molecule has 2 N–H and O–H groups in total. The molecule has 0 aliphatic heterocycles. The number of nitrogens with two attached hydrogens (primary N) is 1. The summed E-state index contributed by atoms with van der Waals surface area (Å²) < 4.78 is 0. The molecule has 0 radical (unpaired) electrons. The minimum absolute atomic E-state index is 0. The van der Waals surface area contributed by atoms with Gasteiger partial charge in [0.1, 0.15) is 11.1 Å². The Morgan fingerprint density at radius 3 is 2.62 bits per heavy atom. The summed E-state index contributed by atoms with van der Waals surface area (Å²) in [5.74, 6) is 0.114. The third-order valence-electron chi connectivity index (χ3n) is 1.17. The van der Waals surface area contributed by atoms with E-state index in [9.17, 15) is 0 Å². The number of nitrogens with zero attached hydrogens (tertiary/aromatic N) is 3. The van der Waals surface area contributed by atoms with Crippen molar-refractivity contribution < 1.29 is 29.6 Å². The van der Waals surface area contributed by atoms with E-state index in [2.05, 4.69) is 9.97 Å². The van der Waals surface area contributed by atoms with Gasteiger partial charge in [-0.2, -0.15) is 5.26 Å².